The Hall–Kier alpha value is -2.96. The molecule has 3 heterocycles. The summed E-state index contributed by atoms with van der Waals surface area (Å²) in [4.78, 5) is 30.3. The van der Waals surface area contributed by atoms with Crippen LogP contribution in [0.1, 0.15) is 42.0 Å². The van der Waals surface area contributed by atoms with E-state index in [1.165, 1.54) is 33.4 Å². The number of thioether (sulfide) groups is 1. The highest BCUT2D eigenvalue weighted by atomic mass is 32.2. The predicted octanol–water partition coefficient (Wildman–Crippen LogP) is 4.34. The molecule has 1 atom stereocenters. The summed E-state index contributed by atoms with van der Waals surface area (Å²) in [7, 11) is 1.67. The maximum atomic E-state index is 13.3. The van der Waals surface area contributed by atoms with E-state index in [0.29, 0.717) is 26.3 Å². The van der Waals surface area contributed by atoms with Crippen LogP contribution in [0.5, 0.6) is 0 Å². The molecule has 0 spiro atoms. The van der Waals surface area contributed by atoms with Gasteiger partial charge < -0.3 is 4.90 Å². The Balaban J connectivity index is 1.77. The fourth-order valence-corrected chi connectivity index (χ4v) is 5.75. The highest BCUT2D eigenvalue weighted by Crippen LogP contribution is 2.37. The van der Waals surface area contributed by atoms with Crippen molar-refractivity contribution in [3.05, 3.63) is 67.6 Å². The fourth-order valence-electron chi connectivity index (χ4n) is 4.52. The van der Waals surface area contributed by atoms with Crippen LogP contribution in [0.25, 0.3) is 6.08 Å². The summed E-state index contributed by atoms with van der Waals surface area (Å²) < 4.78 is 15.2. The zero-order valence-corrected chi connectivity index (χ0v) is 20.9. The molecular weight excluding hydrogens is 471 g/mol. The number of nitriles is 1. The standard InChI is InChI=1S/C25H25FN4O2S2/c1-15-5-4-10-29(13-15)22-19(16(2)20(12-27)23(31)28(22)3)11-21-24(32)30(25(33)34-21)14-17-6-8-18(26)9-7-17/h6-9,11,15H,4-5,10,13-14H2,1-3H3/b21-11-. The summed E-state index contributed by atoms with van der Waals surface area (Å²) >= 11 is 6.67. The van der Waals surface area contributed by atoms with E-state index in [0.717, 1.165) is 37.3 Å². The Bertz CT molecular complexity index is 1290. The Kier molecular flexibility index (Phi) is 6.91. The molecule has 1 aromatic heterocycles. The number of hydrogen-bond donors (Lipinski definition) is 0. The van der Waals surface area contributed by atoms with Crippen LogP contribution in [0, 0.1) is 30.0 Å². The minimum atomic E-state index is -0.341. The SMILES string of the molecule is Cc1c(/C=C2\SC(=S)N(Cc3ccc(F)cc3)C2=O)c(N2CCCC(C)C2)n(C)c(=O)c1C#N. The summed E-state index contributed by atoms with van der Waals surface area (Å²) in [5.41, 5.74) is 1.75. The quantitative estimate of drug-likeness (QED) is 0.463. The van der Waals surface area contributed by atoms with Crippen LogP contribution >= 0.6 is 24.0 Å². The zero-order chi connectivity index (χ0) is 24.6. The van der Waals surface area contributed by atoms with Gasteiger partial charge in [0, 0.05) is 25.7 Å². The molecule has 34 heavy (non-hydrogen) atoms. The molecule has 2 aromatic rings. The van der Waals surface area contributed by atoms with Gasteiger partial charge in [0.15, 0.2) is 0 Å². The molecule has 9 heteroatoms. The van der Waals surface area contributed by atoms with Crippen molar-refractivity contribution in [3.8, 4) is 6.07 Å². The topological polar surface area (TPSA) is 69.3 Å². The largest absolute Gasteiger partial charge is 0.357 e. The van der Waals surface area contributed by atoms with Gasteiger partial charge in [-0.3, -0.25) is 19.1 Å². The molecule has 2 aliphatic rings. The first-order valence-electron chi connectivity index (χ1n) is 11.1. The number of thiocarbonyl (C=S) groups is 1. The lowest BCUT2D eigenvalue weighted by molar-refractivity contribution is -0.122. The third-order valence-corrected chi connectivity index (χ3v) is 7.71. The number of carbonyl (C=O) groups is 1. The van der Waals surface area contributed by atoms with Crippen molar-refractivity contribution >= 4 is 46.1 Å². The molecule has 176 valence electrons. The third kappa shape index (κ3) is 4.52. The average molecular weight is 497 g/mol. The molecular formula is C25H25FN4O2S2. The van der Waals surface area contributed by atoms with Gasteiger partial charge in [-0.25, -0.2) is 4.39 Å². The molecule has 0 bridgehead atoms. The van der Waals surface area contributed by atoms with Crippen LogP contribution < -0.4 is 10.5 Å². The minimum absolute atomic E-state index is 0.0735. The molecule has 1 unspecified atom stereocenters. The van der Waals surface area contributed by atoms with E-state index in [-0.39, 0.29) is 29.4 Å². The number of rotatable bonds is 4. The lowest BCUT2D eigenvalue weighted by Crippen LogP contribution is -2.39. The van der Waals surface area contributed by atoms with Crippen LogP contribution in [0.4, 0.5) is 10.2 Å². The van der Waals surface area contributed by atoms with Gasteiger partial charge in [-0.05, 0) is 55.0 Å². The highest BCUT2D eigenvalue weighted by molar-refractivity contribution is 8.26. The van der Waals surface area contributed by atoms with E-state index in [1.807, 2.05) is 6.07 Å². The first kappa shape index (κ1) is 24.2. The number of nitrogens with zero attached hydrogens (tertiary/aromatic N) is 4. The predicted molar refractivity (Wildman–Crippen MR) is 137 cm³/mol. The van der Waals surface area contributed by atoms with Gasteiger partial charge in [-0.2, -0.15) is 5.26 Å². The lowest BCUT2D eigenvalue weighted by atomic mass is 9.98. The lowest BCUT2D eigenvalue weighted by Gasteiger charge is -2.35. The molecule has 4 rings (SSSR count). The summed E-state index contributed by atoms with van der Waals surface area (Å²) in [5, 5.41) is 9.65. The summed E-state index contributed by atoms with van der Waals surface area (Å²) in [5.74, 6) is 0.606. The van der Waals surface area contributed by atoms with E-state index in [1.54, 1.807) is 32.2 Å². The number of carbonyl (C=O) groups excluding carboxylic acids is 1. The first-order valence-corrected chi connectivity index (χ1v) is 12.3. The van der Waals surface area contributed by atoms with Crippen molar-refractivity contribution in [2.45, 2.75) is 33.2 Å². The first-order chi connectivity index (χ1) is 16.2. The smallest absolute Gasteiger partial charge is 0.270 e. The maximum Gasteiger partial charge on any atom is 0.270 e. The van der Waals surface area contributed by atoms with Gasteiger partial charge in [-0.1, -0.05) is 43.0 Å². The monoisotopic (exact) mass is 496 g/mol. The number of amides is 1. The van der Waals surface area contributed by atoms with Gasteiger partial charge in [0.2, 0.25) is 0 Å². The van der Waals surface area contributed by atoms with Crippen LogP contribution in [-0.4, -0.2) is 32.8 Å². The summed E-state index contributed by atoms with van der Waals surface area (Å²) in [6, 6.07) is 8.00. The molecule has 0 N–H and O–H groups in total. The summed E-state index contributed by atoms with van der Waals surface area (Å²) in [6.45, 7) is 5.78. The molecule has 6 nitrogen and oxygen atoms in total. The van der Waals surface area contributed by atoms with E-state index in [4.69, 9.17) is 12.2 Å². The Morgan fingerprint density at radius 2 is 2.00 bits per heavy atom. The molecule has 2 saturated heterocycles. The normalized spacial score (nSPS) is 19.7. The van der Waals surface area contributed by atoms with Crippen molar-refractivity contribution in [2.24, 2.45) is 13.0 Å². The van der Waals surface area contributed by atoms with Gasteiger partial charge in [0.25, 0.3) is 11.5 Å². The Morgan fingerprint density at radius 1 is 1.29 bits per heavy atom. The number of halogens is 1. The second-order valence-electron chi connectivity index (χ2n) is 8.80. The van der Waals surface area contributed by atoms with Crippen molar-refractivity contribution in [3.63, 3.8) is 0 Å². The fraction of sp³-hybridized carbons (Fsp3) is 0.360. The van der Waals surface area contributed by atoms with Crippen LogP contribution in [0.3, 0.4) is 0 Å². The third-order valence-electron chi connectivity index (χ3n) is 6.33. The van der Waals surface area contributed by atoms with Crippen LogP contribution in [0.2, 0.25) is 0 Å². The van der Waals surface area contributed by atoms with Crippen molar-refractivity contribution < 1.29 is 9.18 Å². The van der Waals surface area contributed by atoms with Crippen molar-refractivity contribution in [1.82, 2.24) is 9.47 Å². The van der Waals surface area contributed by atoms with E-state index < -0.39 is 0 Å². The average Bonchev–Trinajstić information content (AvgIpc) is 3.06. The molecule has 1 aromatic carbocycles. The van der Waals surface area contributed by atoms with E-state index >= 15 is 0 Å². The van der Waals surface area contributed by atoms with Gasteiger partial charge in [0.05, 0.1) is 11.4 Å². The molecule has 2 aliphatic heterocycles. The molecule has 0 saturated carbocycles. The van der Waals surface area contributed by atoms with E-state index in [9.17, 15) is 19.2 Å². The second-order valence-corrected chi connectivity index (χ2v) is 10.5. The molecule has 0 radical (unpaired) electrons. The number of hydrogen-bond acceptors (Lipinski definition) is 6. The van der Waals surface area contributed by atoms with Crippen molar-refractivity contribution in [2.75, 3.05) is 18.0 Å². The highest BCUT2D eigenvalue weighted by Gasteiger charge is 2.33. The van der Waals surface area contributed by atoms with Crippen LogP contribution in [0.15, 0.2) is 34.0 Å². The second kappa shape index (κ2) is 9.72. The van der Waals surface area contributed by atoms with Crippen LogP contribution in [-0.2, 0) is 18.4 Å². The number of benzene rings is 1. The molecule has 0 aliphatic carbocycles. The molecule has 2 fully saturated rings. The van der Waals surface area contributed by atoms with Gasteiger partial charge in [0.1, 0.15) is 27.6 Å². The Labute approximate surface area is 207 Å². The zero-order valence-electron chi connectivity index (χ0n) is 19.3. The number of pyridine rings is 1. The Morgan fingerprint density at radius 3 is 2.65 bits per heavy atom. The minimum Gasteiger partial charge on any atom is -0.357 e. The molecule has 1 amide bonds. The number of aromatic nitrogens is 1. The van der Waals surface area contributed by atoms with E-state index in [2.05, 4.69) is 11.8 Å². The van der Waals surface area contributed by atoms with Crippen molar-refractivity contribution in [1.29, 1.82) is 5.26 Å². The number of anilines is 1. The van der Waals surface area contributed by atoms with Gasteiger partial charge in [-0.15, -0.1) is 0 Å². The summed E-state index contributed by atoms with van der Waals surface area (Å²) in [6.07, 6.45) is 3.89. The van der Waals surface area contributed by atoms with Gasteiger partial charge >= 0.3 is 0 Å². The maximum absolute atomic E-state index is 13.3. The number of piperidine rings is 1.